The van der Waals surface area contributed by atoms with Crippen LogP contribution in [0.3, 0.4) is 0 Å². The molecule has 0 saturated heterocycles. The highest BCUT2D eigenvalue weighted by Gasteiger charge is 1.98. The van der Waals surface area contributed by atoms with Gasteiger partial charge in [0.25, 0.3) is 1.43 Å². The molecule has 0 unspecified atom stereocenters. The Labute approximate surface area is 44.6 Å². The minimum Gasteiger partial charge on any atom is -0.481 e. The van der Waals surface area contributed by atoms with Gasteiger partial charge in [-0.3, -0.25) is 4.79 Å². The first kappa shape index (κ1) is 4.62. The normalized spacial score (nSPS) is 11.0. The van der Waals surface area contributed by atoms with Crippen LogP contribution in [0.15, 0.2) is 0 Å². The van der Waals surface area contributed by atoms with Crippen LogP contribution in [-0.4, -0.2) is 11.1 Å². The molecule has 0 saturated carbocycles. The van der Waals surface area contributed by atoms with Crippen molar-refractivity contribution in [3.63, 3.8) is 0 Å². The maximum atomic E-state index is 10.2. The van der Waals surface area contributed by atoms with Crippen molar-refractivity contribution in [2.24, 2.45) is 5.92 Å². The highest BCUT2D eigenvalue weighted by Crippen LogP contribution is 1.96. The molecule has 0 radical (unpaired) electrons. The second-order valence-electron chi connectivity index (χ2n) is 1.97. The van der Waals surface area contributed by atoms with Gasteiger partial charge in [0.2, 0.25) is 0 Å². The first-order valence-corrected chi connectivity index (χ1v) is 2.32. The fraction of sp³-hybridized carbons (Fsp3) is 0.800. The largest absolute Gasteiger partial charge is 0.481 e. The van der Waals surface area contributed by atoms with E-state index >= 15 is 0 Å². The lowest BCUT2D eigenvalue weighted by Crippen LogP contribution is -1.99. The lowest BCUT2D eigenvalue weighted by molar-refractivity contribution is -0.137. The first-order chi connectivity index (χ1) is 3.66. The molecule has 0 aliphatic rings. The molecule has 2 heteroatoms. The molecular weight excluding hydrogens is 92.1 g/mol. The fourth-order valence-electron chi connectivity index (χ4n) is 0.333. The predicted octanol–water partition coefficient (Wildman–Crippen LogP) is 1.12. The van der Waals surface area contributed by atoms with Gasteiger partial charge in [-0.1, -0.05) is 13.8 Å². The molecule has 0 heterocycles. The van der Waals surface area contributed by atoms with E-state index in [0.717, 1.165) is 0 Å². The van der Waals surface area contributed by atoms with Crippen molar-refractivity contribution in [1.82, 2.24) is 0 Å². The summed E-state index contributed by atoms with van der Waals surface area (Å²) in [6, 6.07) is 0. The molecule has 0 aromatic carbocycles. The number of hydrogen-bond donors (Lipinski definition) is 1. The van der Waals surface area contributed by atoms with Crippen LogP contribution in [-0.2, 0) is 4.79 Å². The van der Waals surface area contributed by atoms with E-state index in [1.54, 1.807) is 0 Å². The summed E-state index contributed by atoms with van der Waals surface area (Å²) >= 11 is 0. The van der Waals surface area contributed by atoms with E-state index in [1.807, 2.05) is 13.8 Å². The van der Waals surface area contributed by atoms with Crippen LogP contribution in [0.5, 0.6) is 0 Å². The maximum absolute atomic E-state index is 10.2. The summed E-state index contributed by atoms with van der Waals surface area (Å²) in [6.45, 7) is 3.80. The van der Waals surface area contributed by atoms with Gasteiger partial charge in [-0.25, -0.2) is 0 Å². The Kier molecular flexibility index (Phi) is 1.72. The third-order valence-corrected chi connectivity index (χ3v) is 0.575. The van der Waals surface area contributed by atoms with E-state index in [0.29, 0.717) is 6.42 Å². The molecule has 2 nitrogen and oxygen atoms in total. The van der Waals surface area contributed by atoms with Crippen molar-refractivity contribution >= 4 is 5.97 Å². The average Bonchev–Trinajstić information content (AvgIpc) is 1.65. The van der Waals surface area contributed by atoms with Crippen molar-refractivity contribution in [1.29, 1.82) is 1.43 Å². The third-order valence-electron chi connectivity index (χ3n) is 0.575. The number of carboxylic acids is 1. The van der Waals surface area contributed by atoms with Gasteiger partial charge in [0.05, 0.1) is 0 Å². The lowest BCUT2D eigenvalue weighted by Gasteiger charge is -1.94. The quantitative estimate of drug-likeness (QED) is 0.570. The van der Waals surface area contributed by atoms with E-state index in [-0.39, 0.29) is 5.92 Å². The average molecular weight is 104 g/mol. The van der Waals surface area contributed by atoms with E-state index in [2.05, 4.69) is 5.11 Å². The Balaban J connectivity index is 3.25. The van der Waals surface area contributed by atoms with Crippen molar-refractivity contribution < 1.29 is 9.90 Å². The second kappa shape index (κ2) is 2.61. The molecule has 0 atom stereocenters. The third kappa shape index (κ3) is 5.47. The van der Waals surface area contributed by atoms with Crippen molar-refractivity contribution in [2.75, 3.05) is 0 Å². The van der Waals surface area contributed by atoms with Gasteiger partial charge < -0.3 is 5.11 Å². The molecular formula is C5H10O2. The molecule has 0 aliphatic heterocycles. The van der Waals surface area contributed by atoms with Crippen LogP contribution in [0.1, 0.15) is 20.3 Å². The molecule has 0 aliphatic carbocycles. The molecule has 7 heavy (non-hydrogen) atoms. The molecule has 0 amide bonds. The van der Waals surface area contributed by atoms with Crippen LogP contribution in [0.2, 0.25) is 0 Å². The van der Waals surface area contributed by atoms with Gasteiger partial charge in [-0.15, -0.1) is 0 Å². The van der Waals surface area contributed by atoms with Gasteiger partial charge in [0.15, 0.2) is 0 Å². The highest BCUT2D eigenvalue weighted by molar-refractivity contribution is 5.66. The van der Waals surface area contributed by atoms with Crippen LogP contribution in [0.4, 0.5) is 0 Å². The summed E-state index contributed by atoms with van der Waals surface area (Å²) < 4.78 is 6.15. The smallest absolute Gasteiger partial charge is 0.303 e. The summed E-state index contributed by atoms with van der Waals surface area (Å²) in [5, 5.41) is 3.67. The van der Waals surface area contributed by atoms with Crippen LogP contribution in [0, 0.1) is 5.92 Å². The monoisotopic (exact) mass is 104 g/mol. The molecule has 0 aromatic rings. The SMILES string of the molecule is [3H]OC(=O)CC(C)C. The summed E-state index contributed by atoms with van der Waals surface area (Å²) in [5.74, 6) is -0.173. The standard InChI is InChI=1S/C5H10O2/c1-4(2)3-5(6)7/h4H,3H2,1-2H3,(H,6,7)/i/hT. The minimum absolute atomic E-state index is 0.285. The zero-order valence-corrected chi connectivity index (χ0v) is 4.60. The Morgan fingerprint density at radius 2 is 2.57 bits per heavy atom. The summed E-state index contributed by atoms with van der Waals surface area (Å²) in [7, 11) is 0. The van der Waals surface area contributed by atoms with Crippen LogP contribution in [0.25, 0.3) is 1.43 Å². The number of carbonyl (C=O) groups is 1. The zero-order valence-electron chi connectivity index (χ0n) is 5.60. The van der Waals surface area contributed by atoms with Crippen LogP contribution >= 0.6 is 0 Å². The molecule has 42 valence electrons. The van der Waals surface area contributed by atoms with Gasteiger partial charge in [-0.2, -0.15) is 0 Å². The predicted molar refractivity (Wildman–Crippen MR) is 27.1 cm³/mol. The van der Waals surface area contributed by atoms with E-state index in [1.165, 1.54) is 0 Å². The summed E-state index contributed by atoms with van der Waals surface area (Å²) in [6.07, 6.45) is 0.337. The maximum Gasteiger partial charge on any atom is 0.303 e. The molecule has 0 spiro atoms. The molecule has 0 aromatic heterocycles. The fourth-order valence-corrected chi connectivity index (χ4v) is 0.333. The Morgan fingerprint density at radius 3 is 2.71 bits per heavy atom. The summed E-state index contributed by atoms with van der Waals surface area (Å²) in [4.78, 5) is 10.2. The Hall–Kier alpha value is -0.530. The van der Waals surface area contributed by atoms with E-state index in [9.17, 15) is 4.79 Å². The highest BCUT2D eigenvalue weighted by atomic mass is 16.4. The Bertz CT molecular complexity index is 80.5. The minimum atomic E-state index is -0.458. The van der Waals surface area contributed by atoms with E-state index < -0.39 is 5.97 Å². The topological polar surface area (TPSA) is 37.3 Å². The van der Waals surface area contributed by atoms with Gasteiger partial charge >= 0.3 is 5.97 Å². The van der Waals surface area contributed by atoms with Gasteiger partial charge in [0.1, 0.15) is 0 Å². The van der Waals surface area contributed by atoms with Gasteiger partial charge in [-0.05, 0) is 5.92 Å². The number of aliphatic carboxylic acids is 1. The van der Waals surface area contributed by atoms with E-state index in [4.69, 9.17) is 1.43 Å². The van der Waals surface area contributed by atoms with Crippen molar-refractivity contribution in [2.45, 2.75) is 20.3 Å². The molecule has 0 fully saturated rings. The molecule has 1 N–H and O–H groups in total. The van der Waals surface area contributed by atoms with Crippen molar-refractivity contribution in [3.05, 3.63) is 0 Å². The molecule has 0 bridgehead atoms. The number of rotatable bonds is 2. The number of carboxylic acid groups (broad SMARTS) is 1. The van der Waals surface area contributed by atoms with Gasteiger partial charge in [0, 0.05) is 6.42 Å². The molecule has 0 rings (SSSR count). The lowest BCUT2D eigenvalue weighted by atomic mass is 10.1. The second-order valence-corrected chi connectivity index (χ2v) is 1.97. The Morgan fingerprint density at radius 1 is 2.00 bits per heavy atom. The summed E-state index contributed by atoms with van der Waals surface area (Å²) in [5.41, 5.74) is 0. The number of hydrogen-bond acceptors (Lipinski definition) is 2. The van der Waals surface area contributed by atoms with Crippen LogP contribution < -0.4 is 0 Å². The zero-order chi connectivity index (χ0) is 6.57. The van der Waals surface area contributed by atoms with Crippen molar-refractivity contribution in [3.8, 4) is 0 Å². The first-order valence-electron chi connectivity index (χ1n) is 2.73.